The van der Waals surface area contributed by atoms with Crippen LogP contribution < -0.4 is 0 Å². The molecule has 1 saturated carbocycles. The summed E-state index contributed by atoms with van der Waals surface area (Å²) in [6, 6.07) is 0. The van der Waals surface area contributed by atoms with Crippen molar-refractivity contribution in [2.24, 2.45) is 23.7 Å². The molecule has 0 aromatic heterocycles. The van der Waals surface area contributed by atoms with Crippen molar-refractivity contribution in [3.63, 3.8) is 0 Å². The summed E-state index contributed by atoms with van der Waals surface area (Å²) in [6.07, 6.45) is 20.6. The topological polar surface area (TPSA) is 0 Å². The lowest BCUT2D eigenvalue weighted by atomic mass is 9.80. The molecule has 22 heavy (non-hydrogen) atoms. The minimum absolute atomic E-state index is 0.967. The molecule has 0 bridgehead atoms. The van der Waals surface area contributed by atoms with Crippen molar-refractivity contribution in [1.82, 2.24) is 0 Å². The Bertz CT molecular complexity index is 244. The summed E-state index contributed by atoms with van der Waals surface area (Å²) in [6.45, 7) is 9.67. The first-order valence-corrected chi connectivity index (χ1v) is 10.7. The standard InChI is InChI=1S/C22H44/c1-5-7-8-9-10-14-19(3)15-11-16-21-17-12-18-22(21)20(4)13-6-2/h19-22H,5-18H2,1-4H3. The monoisotopic (exact) mass is 308 g/mol. The molecule has 1 rings (SSSR count). The first-order valence-electron chi connectivity index (χ1n) is 10.7. The second-order valence-corrected chi connectivity index (χ2v) is 8.36. The van der Waals surface area contributed by atoms with Gasteiger partial charge in [-0.2, -0.15) is 0 Å². The minimum atomic E-state index is 0.967. The van der Waals surface area contributed by atoms with Crippen LogP contribution in [0.1, 0.15) is 118 Å². The zero-order valence-electron chi connectivity index (χ0n) is 16.2. The van der Waals surface area contributed by atoms with Crippen LogP contribution in [0.2, 0.25) is 0 Å². The van der Waals surface area contributed by atoms with Crippen LogP contribution in [0, 0.1) is 23.7 Å². The van der Waals surface area contributed by atoms with E-state index in [1.54, 1.807) is 0 Å². The van der Waals surface area contributed by atoms with Crippen LogP contribution in [0.4, 0.5) is 0 Å². The Kier molecular flexibility index (Phi) is 11.3. The molecule has 0 radical (unpaired) electrons. The molecule has 0 aliphatic heterocycles. The van der Waals surface area contributed by atoms with Gasteiger partial charge in [-0.25, -0.2) is 0 Å². The van der Waals surface area contributed by atoms with Gasteiger partial charge in [-0.05, 0) is 30.1 Å². The Morgan fingerprint density at radius 1 is 0.773 bits per heavy atom. The first-order chi connectivity index (χ1) is 10.7. The summed E-state index contributed by atoms with van der Waals surface area (Å²) in [5, 5.41) is 0. The molecule has 0 heterocycles. The predicted octanol–water partition coefficient (Wildman–Crippen LogP) is 8.01. The van der Waals surface area contributed by atoms with Gasteiger partial charge in [0, 0.05) is 0 Å². The van der Waals surface area contributed by atoms with E-state index in [0.717, 1.165) is 23.7 Å². The summed E-state index contributed by atoms with van der Waals surface area (Å²) in [5.41, 5.74) is 0. The highest BCUT2D eigenvalue weighted by molar-refractivity contribution is 4.81. The minimum Gasteiger partial charge on any atom is -0.0654 e. The van der Waals surface area contributed by atoms with E-state index in [0.29, 0.717) is 0 Å². The van der Waals surface area contributed by atoms with E-state index >= 15 is 0 Å². The maximum Gasteiger partial charge on any atom is -0.0360 e. The molecule has 0 aromatic carbocycles. The van der Waals surface area contributed by atoms with Gasteiger partial charge in [-0.3, -0.25) is 0 Å². The van der Waals surface area contributed by atoms with Crippen molar-refractivity contribution < 1.29 is 0 Å². The molecule has 132 valence electrons. The molecule has 4 unspecified atom stereocenters. The van der Waals surface area contributed by atoms with Gasteiger partial charge in [0.25, 0.3) is 0 Å². The molecule has 1 aliphatic rings. The summed E-state index contributed by atoms with van der Waals surface area (Å²) in [5.74, 6) is 4.07. The zero-order valence-corrected chi connectivity index (χ0v) is 16.2. The van der Waals surface area contributed by atoms with Crippen molar-refractivity contribution in [2.75, 3.05) is 0 Å². The van der Waals surface area contributed by atoms with Crippen LogP contribution in [0.3, 0.4) is 0 Å². The van der Waals surface area contributed by atoms with Gasteiger partial charge < -0.3 is 0 Å². The molecule has 0 saturated heterocycles. The highest BCUT2D eigenvalue weighted by Crippen LogP contribution is 2.41. The second-order valence-electron chi connectivity index (χ2n) is 8.36. The van der Waals surface area contributed by atoms with E-state index in [4.69, 9.17) is 0 Å². The predicted molar refractivity (Wildman–Crippen MR) is 101 cm³/mol. The molecule has 0 N–H and O–H groups in total. The third-order valence-corrected chi connectivity index (χ3v) is 6.27. The summed E-state index contributed by atoms with van der Waals surface area (Å²) in [4.78, 5) is 0. The summed E-state index contributed by atoms with van der Waals surface area (Å²) >= 11 is 0. The maximum absolute atomic E-state index is 2.52. The Morgan fingerprint density at radius 2 is 1.50 bits per heavy atom. The number of hydrogen-bond acceptors (Lipinski definition) is 0. The van der Waals surface area contributed by atoms with Crippen molar-refractivity contribution in [2.45, 2.75) is 118 Å². The molecular weight excluding hydrogens is 264 g/mol. The van der Waals surface area contributed by atoms with E-state index in [9.17, 15) is 0 Å². The average Bonchev–Trinajstić information content (AvgIpc) is 2.96. The van der Waals surface area contributed by atoms with Crippen LogP contribution in [0.25, 0.3) is 0 Å². The lowest BCUT2D eigenvalue weighted by Crippen LogP contribution is -2.16. The van der Waals surface area contributed by atoms with Gasteiger partial charge in [-0.15, -0.1) is 0 Å². The number of unbranched alkanes of at least 4 members (excludes halogenated alkanes) is 4. The van der Waals surface area contributed by atoms with Crippen molar-refractivity contribution in [3.05, 3.63) is 0 Å². The first kappa shape index (κ1) is 20.0. The number of rotatable bonds is 13. The van der Waals surface area contributed by atoms with Crippen molar-refractivity contribution >= 4 is 0 Å². The van der Waals surface area contributed by atoms with E-state index in [1.807, 2.05) is 0 Å². The lowest BCUT2D eigenvalue weighted by molar-refractivity contribution is 0.244. The molecule has 1 fully saturated rings. The molecule has 0 amide bonds. The SMILES string of the molecule is CCCCCCCC(C)CCCC1CCCC1C(C)CCC. The quantitative estimate of drug-likeness (QED) is 0.302. The Balaban J connectivity index is 2.09. The fraction of sp³-hybridized carbons (Fsp3) is 1.00. The van der Waals surface area contributed by atoms with Gasteiger partial charge in [0.15, 0.2) is 0 Å². The normalized spacial score (nSPS) is 24.5. The van der Waals surface area contributed by atoms with Crippen LogP contribution >= 0.6 is 0 Å². The lowest BCUT2D eigenvalue weighted by Gasteiger charge is -2.26. The largest absolute Gasteiger partial charge is 0.0654 e. The number of hydrogen-bond donors (Lipinski definition) is 0. The van der Waals surface area contributed by atoms with Gasteiger partial charge in [0.2, 0.25) is 0 Å². The van der Waals surface area contributed by atoms with Gasteiger partial charge in [0.05, 0.1) is 0 Å². The molecule has 0 spiro atoms. The molecule has 1 aliphatic carbocycles. The average molecular weight is 309 g/mol. The van der Waals surface area contributed by atoms with Gasteiger partial charge in [-0.1, -0.05) is 111 Å². The molecule has 0 aromatic rings. The van der Waals surface area contributed by atoms with Crippen molar-refractivity contribution in [1.29, 1.82) is 0 Å². The summed E-state index contributed by atoms with van der Waals surface area (Å²) < 4.78 is 0. The van der Waals surface area contributed by atoms with Crippen LogP contribution in [-0.4, -0.2) is 0 Å². The molecule has 4 atom stereocenters. The Labute approximate surface area is 141 Å². The van der Waals surface area contributed by atoms with Crippen LogP contribution in [-0.2, 0) is 0 Å². The van der Waals surface area contributed by atoms with Gasteiger partial charge in [0.1, 0.15) is 0 Å². The highest BCUT2D eigenvalue weighted by atomic mass is 14.4. The molecule has 0 heteroatoms. The maximum atomic E-state index is 2.52. The third-order valence-electron chi connectivity index (χ3n) is 6.27. The highest BCUT2D eigenvalue weighted by Gasteiger charge is 2.30. The molecule has 0 nitrogen and oxygen atoms in total. The van der Waals surface area contributed by atoms with Gasteiger partial charge >= 0.3 is 0 Å². The van der Waals surface area contributed by atoms with E-state index < -0.39 is 0 Å². The van der Waals surface area contributed by atoms with Crippen molar-refractivity contribution in [3.8, 4) is 0 Å². The fourth-order valence-electron chi connectivity index (χ4n) is 4.81. The Hall–Kier alpha value is 0. The van der Waals surface area contributed by atoms with E-state index in [1.165, 1.54) is 89.9 Å². The smallest absolute Gasteiger partial charge is 0.0360 e. The second kappa shape index (κ2) is 12.4. The van der Waals surface area contributed by atoms with E-state index in [2.05, 4.69) is 27.7 Å². The van der Waals surface area contributed by atoms with Crippen LogP contribution in [0.5, 0.6) is 0 Å². The van der Waals surface area contributed by atoms with Crippen LogP contribution in [0.15, 0.2) is 0 Å². The summed E-state index contributed by atoms with van der Waals surface area (Å²) in [7, 11) is 0. The fourth-order valence-corrected chi connectivity index (χ4v) is 4.81. The molecular formula is C22H44. The van der Waals surface area contributed by atoms with E-state index in [-0.39, 0.29) is 0 Å². The Morgan fingerprint density at radius 3 is 2.23 bits per heavy atom. The third kappa shape index (κ3) is 8.02. The zero-order chi connectivity index (χ0) is 16.2.